The summed E-state index contributed by atoms with van der Waals surface area (Å²) in [5.74, 6) is 0.460. The molecule has 24 heavy (non-hydrogen) atoms. The molecule has 3 aromatic rings. The molecule has 5 nitrogen and oxygen atoms in total. The Morgan fingerprint density at radius 3 is 2.79 bits per heavy atom. The molecule has 0 aliphatic carbocycles. The van der Waals surface area contributed by atoms with Crippen molar-refractivity contribution in [2.75, 3.05) is 7.05 Å². The molecule has 0 atom stereocenters. The average Bonchev–Trinajstić information content (AvgIpc) is 2.59. The largest absolute Gasteiger partial charge is 0.489 e. The Hall–Kier alpha value is -3.08. The highest BCUT2D eigenvalue weighted by Crippen LogP contribution is 2.23. The van der Waals surface area contributed by atoms with E-state index in [1.54, 1.807) is 25.2 Å². The molecule has 1 heterocycles. The maximum atomic E-state index is 11.7. The lowest BCUT2D eigenvalue weighted by molar-refractivity contribution is 0.0963. The second-order valence-electron chi connectivity index (χ2n) is 5.47. The highest BCUT2D eigenvalue weighted by Gasteiger charge is 2.06. The van der Waals surface area contributed by atoms with E-state index < -0.39 is 0 Å². The minimum absolute atomic E-state index is 0.139. The third kappa shape index (κ3) is 3.30. The number of carbonyl (C=O) groups is 1. The van der Waals surface area contributed by atoms with E-state index in [9.17, 15) is 9.59 Å². The summed E-state index contributed by atoms with van der Waals surface area (Å²) < 4.78 is 11.0. The Morgan fingerprint density at radius 1 is 1.17 bits per heavy atom. The number of carbonyl (C=O) groups excluding carboxylic acids is 1. The summed E-state index contributed by atoms with van der Waals surface area (Å²) in [6.07, 6.45) is 0. The minimum atomic E-state index is -0.379. The van der Waals surface area contributed by atoms with Crippen LogP contribution in [0.5, 0.6) is 5.75 Å². The SMILES string of the molecule is CNC(=O)c1cccc(COc2ccc3c(C)cc(=O)oc3c2)c1. The summed E-state index contributed by atoms with van der Waals surface area (Å²) in [7, 11) is 1.59. The number of amides is 1. The Morgan fingerprint density at radius 2 is 2.00 bits per heavy atom. The number of aryl methyl sites for hydroxylation is 1. The molecule has 122 valence electrons. The molecule has 0 aliphatic heterocycles. The molecule has 2 aromatic carbocycles. The summed E-state index contributed by atoms with van der Waals surface area (Å²) in [6.45, 7) is 2.18. The first kappa shape index (κ1) is 15.8. The van der Waals surface area contributed by atoms with Crippen molar-refractivity contribution in [1.82, 2.24) is 5.32 Å². The van der Waals surface area contributed by atoms with Gasteiger partial charge in [0.1, 0.15) is 17.9 Å². The van der Waals surface area contributed by atoms with E-state index in [1.807, 2.05) is 31.2 Å². The lowest BCUT2D eigenvalue weighted by Crippen LogP contribution is -2.17. The first-order valence-corrected chi connectivity index (χ1v) is 7.55. The van der Waals surface area contributed by atoms with Gasteiger partial charge in [0.25, 0.3) is 5.91 Å². The van der Waals surface area contributed by atoms with Gasteiger partial charge in [0.05, 0.1) is 0 Å². The van der Waals surface area contributed by atoms with E-state index in [2.05, 4.69) is 5.32 Å². The van der Waals surface area contributed by atoms with Crippen molar-refractivity contribution in [1.29, 1.82) is 0 Å². The van der Waals surface area contributed by atoms with Crippen LogP contribution >= 0.6 is 0 Å². The molecule has 0 saturated heterocycles. The summed E-state index contributed by atoms with van der Waals surface area (Å²) in [4.78, 5) is 23.1. The number of fused-ring (bicyclic) bond motifs is 1. The van der Waals surface area contributed by atoms with E-state index in [4.69, 9.17) is 9.15 Å². The van der Waals surface area contributed by atoms with Gasteiger partial charge in [-0.15, -0.1) is 0 Å². The molecule has 5 heteroatoms. The molecule has 0 radical (unpaired) electrons. The monoisotopic (exact) mass is 323 g/mol. The predicted octanol–water partition coefficient (Wildman–Crippen LogP) is 3.04. The molecular weight excluding hydrogens is 306 g/mol. The molecule has 0 aliphatic rings. The van der Waals surface area contributed by atoms with Gasteiger partial charge >= 0.3 is 5.63 Å². The Labute approximate surface area is 138 Å². The normalized spacial score (nSPS) is 10.6. The molecule has 0 saturated carbocycles. The van der Waals surface area contributed by atoms with E-state index in [-0.39, 0.29) is 11.5 Å². The third-order valence-corrected chi connectivity index (χ3v) is 3.74. The van der Waals surface area contributed by atoms with Crippen LogP contribution in [0.1, 0.15) is 21.5 Å². The number of nitrogens with one attached hydrogen (secondary N) is 1. The van der Waals surface area contributed by atoms with Crippen LogP contribution in [-0.4, -0.2) is 13.0 Å². The van der Waals surface area contributed by atoms with Crippen LogP contribution in [0, 0.1) is 6.92 Å². The number of benzene rings is 2. The van der Waals surface area contributed by atoms with Crippen LogP contribution in [0.25, 0.3) is 11.0 Å². The lowest BCUT2D eigenvalue weighted by Gasteiger charge is -2.09. The van der Waals surface area contributed by atoms with Crippen molar-refractivity contribution >= 4 is 16.9 Å². The maximum absolute atomic E-state index is 11.7. The Balaban J connectivity index is 1.81. The Kier molecular flexibility index (Phi) is 4.33. The van der Waals surface area contributed by atoms with E-state index >= 15 is 0 Å². The second-order valence-corrected chi connectivity index (χ2v) is 5.47. The van der Waals surface area contributed by atoms with Crippen LogP contribution in [0.2, 0.25) is 0 Å². The zero-order chi connectivity index (χ0) is 17.1. The van der Waals surface area contributed by atoms with Gasteiger partial charge in [-0.2, -0.15) is 0 Å². The van der Waals surface area contributed by atoms with Crippen LogP contribution in [0.15, 0.2) is 57.7 Å². The number of ether oxygens (including phenoxy) is 1. The van der Waals surface area contributed by atoms with Crippen LogP contribution in [0.4, 0.5) is 0 Å². The number of rotatable bonds is 4. The van der Waals surface area contributed by atoms with Crippen molar-refractivity contribution in [3.63, 3.8) is 0 Å². The van der Waals surface area contributed by atoms with Gasteiger partial charge in [-0.3, -0.25) is 4.79 Å². The zero-order valence-electron chi connectivity index (χ0n) is 13.5. The minimum Gasteiger partial charge on any atom is -0.489 e. The first-order valence-electron chi connectivity index (χ1n) is 7.55. The zero-order valence-corrected chi connectivity index (χ0v) is 13.5. The molecule has 1 amide bonds. The smallest absolute Gasteiger partial charge is 0.336 e. The molecule has 0 unspecified atom stereocenters. The fourth-order valence-corrected chi connectivity index (χ4v) is 2.51. The average molecular weight is 323 g/mol. The van der Waals surface area contributed by atoms with Crippen molar-refractivity contribution in [2.24, 2.45) is 0 Å². The van der Waals surface area contributed by atoms with Crippen LogP contribution in [0.3, 0.4) is 0 Å². The maximum Gasteiger partial charge on any atom is 0.336 e. The second kappa shape index (κ2) is 6.58. The summed E-state index contributed by atoms with van der Waals surface area (Å²) in [5.41, 5.74) is 2.44. The summed E-state index contributed by atoms with van der Waals surface area (Å²) >= 11 is 0. The van der Waals surface area contributed by atoms with E-state index in [0.717, 1.165) is 16.5 Å². The van der Waals surface area contributed by atoms with Crippen molar-refractivity contribution < 1.29 is 13.9 Å². The van der Waals surface area contributed by atoms with E-state index in [0.29, 0.717) is 23.5 Å². The highest BCUT2D eigenvalue weighted by molar-refractivity contribution is 5.94. The van der Waals surface area contributed by atoms with Crippen molar-refractivity contribution in [2.45, 2.75) is 13.5 Å². The first-order chi connectivity index (χ1) is 11.6. The Bertz CT molecular complexity index is 959. The van der Waals surface area contributed by atoms with Gasteiger partial charge in [0.15, 0.2) is 0 Å². The summed E-state index contributed by atoms with van der Waals surface area (Å²) in [6, 6.07) is 14.1. The van der Waals surface area contributed by atoms with Gasteiger partial charge in [0, 0.05) is 30.1 Å². The highest BCUT2D eigenvalue weighted by atomic mass is 16.5. The fourth-order valence-electron chi connectivity index (χ4n) is 2.51. The number of hydrogen-bond donors (Lipinski definition) is 1. The predicted molar refractivity (Wildman–Crippen MR) is 91.4 cm³/mol. The molecule has 3 rings (SSSR count). The number of hydrogen-bond acceptors (Lipinski definition) is 4. The standard InChI is InChI=1S/C19H17NO4/c1-12-8-18(21)24-17-10-15(6-7-16(12)17)23-11-13-4-3-5-14(9-13)19(22)20-2/h3-10H,11H2,1-2H3,(H,20,22). The van der Waals surface area contributed by atoms with Gasteiger partial charge in [-0.05, 0) is 42.3 Å². The van der Waals surface area contributed by atoms with Crippen LogP contribution < -0.4 is 15.7 Å². The van der Waals surface area contributed by atoms with Crippen molar-refractivity contribution in [3.05, 3.63) is 75.6 Å². The quantitative estimate of drug-likeness (QED) is 0.749. The topological polar surface area (TPSA) is 68.5 Å². The van der Waals surface area contributed by atoms with Crippen LogP contribution in [-0.2, 0) is 6.61 Å². The summed E-state index contributed by atoms with van der Waals surface area (Å²) in [5, 5.41) is 3.47. The van der Waals surface area contributed by atoms with Gasteiger partial charge in [-0.25, -0.2) is 4.79 Å². The van der Waals surface area contributed by atoms with Gasteiger partial charge in [-0.1, -0.05) is 12.1 Å². The van der Waals surface area contributed by atoms with Crippen molar-refractivity contribution in [3.8, 4) is 5.75 Å². The third-order valence-electron chi connectivity index (χ3n) is 3.74. The molecule has 0 spiro atoms. The van der Waals surface area contributed by atoms with E-state index in [1.165, 1.54) is 6.07 Å². The van der Waals surface area contributed by atoms with Gasteiger partial charge in [0.2, 0.25) is 0 Å². The molecule has 0 bridgehead atoms. The fraction of sp³-hybridized carbons (Fsp3) is 0.158. The van der Waals surface area contributed by atoms with Gasteiger partial charge < -0.3 is 14.5 Å². The molecule has 1 N–H and O–H groups in total. The lowest BCUT2D eigenvalue weighted by atomic mass is 10.1. The molecule has 1 aromatic heterocycles. The molecular formula is C19H17NO4. The molecule has 0 fully saturated rings.